The number of rotatable bonds is 4. The molecule has 3 rings (SSSR count). The molecule has 1 heterocycles. The predicted octanol–water partition coefficient (Wildman–Crippen LogP) is 2.43. The highest BCUT2D eigenvalue weighted by Crippen LogP contribution is 2.38. The molecule has 25 heavy (non-hydrogen) atoms. The Balaban J connectivity index is 1.77. The summed E-state index contributed by atoms with van der Waals surface area (Å²) in [6.45, 7) is 1.08. The van der Waals surface area contributed by atoms with E-state index in [2.05, 4.69) is 0 Å². The largest absolute Gasteiger partial charge is 0.508 e. The number of hydrogen-bond acceptors (Lipinski definition) is 5. The van der Waals surface area contributed by atoms with E-state index in [4.69, 9.17) is 5.73 Å². The van der Waals surface area contributed by atoms with Gasteiger partial charge in [0.1, 0.15) is 5.75 Å². The minimum absolute atomic E-state index is 0.0574. The van der Waals surface area contributed by atoms with Crippen LogP contribution in [0.3, 0.4) is 0 Å². The summed E-state index contributed by atoms with van der Waals surface area (Å²) in [4.78, 5) is 13.6. The van der Waals surface area contributed by atoms with Crippen molar-refractivity contribution < 1.29 is 19.4 Å². The van der Waals surface area contributed by atoms with Crippen molar-refractivity contribution in [2.24, 2.45) is 5.73 Å². The zero-order valence-electron chi connectivity index (χ0n) is 13.7. The molecule has 0 saturated carbocycles. The van der Waals surface area contributed by atoms with Crippen LogP contribution >= 0.6 is 0 Å². The third-order valence-corrected chi connectivity index (χ3v) is 4.97. The van der Waals surface area contributed by atoms with Crippen molar-refractivity contribution in [1.82, 2.24) is 4.90 Å². The molecule has 0 aliphatic carbocycles. The SMILES string of the molecule is N[C@](C=O)(c1ccccc1)N1CCC(c2cc(F)c(O)cc2O)CC1. The Morgan fingerprint density at radius 1 is 1.12 bits per heavy atom. The van der Waals surface area contributed by atoms with Crippen LogP contribution in [0.5, 0.6) is 11.5 Å². The van der Waals surface area contributed by atoms with E-state index in [1.54, 1.807) is 0 Å². The van der Waals surface area contributed by atoms with Crippen molar-refractivity contribution in [2.75, 3.05) is 13.1 Å². The third kappa shape index (κ3) is 3.23. The van der Waals surface area contributed by atoms with Crippen LogP contribution in [0.25, 0.3) is 0 Å². The van der Waals surface area contributed by atoms with Crippen molar-refractivity contribution >= 4 is 6.29 Å². The van der Waals surface area contributed by atoms with Gasteiger partial charge >= 0.3 is 0 Å². The summed E-state index contributed by atoms with van der Waals surface area (Å²) in [5, 5.41) is 19.3. The topological polar surface area (TPSA) is 86.8 Å². The summed E-state index contributed by atoms with van der Waals surface area (Å²) in [7, 11) is 0. The molecule has 0 radical (unpaired) electrons. The van der Waals surface area contributed by atoms with Crippen molar-refractivity contribution in [3.63, 3.8) is 0 Å². The van der Waals surface area contributed by atoms with E-state index < -0.39 is 17.2 Å². The average molecular weight is 344 g/mol. The summed E-state index contributed by atoms with van der Waals surface area (Å²) < 4.78 is 13.6. The Morgan fingerprint density at radius 3 is 2.36 bits per heavy atom. The first-order chi connectivity index (χ1) is 12.0. The lowest BCUT2D eigenvalue weighted by molar-refractivity contribution is -0.120. The molecule has 1 fully saturated rings. The molecule has 1 atom stereocenters. The third-order valence-electron chi connectivity index (χ3n) is 4.97. The number of aromatic hydroxyl groups is 2. The zero-order chi connectivity index (χ0) is 18.0. The first-order valence-electron chi connectivity index (χ1n) is 8.23. The number of likely N-dealkylation sites (tertiary alicyclic amines) is 1. The molecule has 132 valence electrons. The molecule has 0 spiro atoms. The fraction of sp³-hybridized carbons (Fsp3) is 0.316. The number of halogens is 1. The van der Waals surface area contributed by atoms with Gasteiger partial charge in [0, 0.05) is 24.7 Å². The van der Waals surface area contributed by atoms with E-state index in [-0.39, 0.29) is 11.7 Å². The standard InChI is InChI=1S/C19H21FN2O3/c20-16-10-15(17(24)11-18(16)25)13-6-8-22(9-7-13)19(21,12-23)14-4-2-1-3-5-14/h1-5,10-13,24-25H,6-9,21H2/t19-/m0/s1. The maximum atomic E-state index is 13.6. The average Bonchev–Trinajstić information content (AvgIpc) is 2.65. The van der Waals surface area contributed by atoms with Gasteiger partial charge in [-0.25, -0.2) is 4.39 Å². The van der Waals surface area contributed by atoms with E-state index in [1.165, 1.54) is 6.07 Å². The van der Waals surface area contributed by atoms with E-state index in [0.29, 0.717) is 31.5 Å². The van der Waals surface area contributed by atoms with Crippen LogP contribution in [-0.4, -0.2) is 34.5 Å². The molecule has 1 aliphatic heterocycles. The molecule has 0 aromatic heterocycles. The van der Waals surface area contributed by atoms with Gasteiger partial charge in [0.25, 0.3) is 0 Å². The lowest BCUT2D eigenvalue weighted by atomic mass is 9.86. The van der Waals surface area contributed by atoms with Crippen LogP contribution in [0.1, 0.15) is 29.9 Å². The summed E-state index contributed by atoms with van der Waals surface area (Å²) >= 11 is 0. The first-order valence-corrected chi connectivity index (χ1v) is 8.23. The van der Waals surface area contributed by atoms with Gasteiger partial charge in [-0.1, -0.05) is 30.3 Å². The van der Waals surface area contributed by atoms with E-state index in [9.17, 15) is 19.4 Å². The lowest BCUT2D eigenvalue weighted by Gasteiger charge is -2.41. The quantitative estimate of drug-likeness (QED) is 0.742. The second-order valence-corrected chi connectivity index (χ2v) is 6.43. The maximum absolute atomic E-state index is 13.6. The highest BCUT2D eigenvalue weighted by molar-refractivity contribution is 5.66. The van der Waals surface area contributed by atoms with Gasteiger partial charge in [0.15, 0.2) is 23.5 Å². The Labute approximate surface area is 145 Å². The molecular formula is C19H21FN2O3. The Bertz CT molecular complexity index is 761. The number of carbonyl (C=O) groups is 1. The summed E-state index contributed by atoms with van der Waals surface area (Å²) in [6, 6.07) is 11.4. The fourth-order valence-electron chi connectivity index (χ4n) is 3.48. The molecule has 6 heteroatoms. The fourth-order valence-corrected chi connectivity index (χ4v) is 3.48. The van der Waals surface area contributed by atoms with Crippen LogP contribution < -0.4 is 5.73 Å². The van der Waals surface area contributed by atoms with Crippen LogP contribution in [0.4, 0.5) is 4.39 Å². The monoisotopic (exact) mass is 344 g/mol. The van der Waals surface area contributed by atoms with Gasteiger partial charge in [-0.2, -0.15) is 0 Å². The number of benzene rings is 2. The molecule has 0 amide bonds. The van der Waals surface area contributed by atoms with Crippen LogP contribution in [0, 0.1) is 5.82 Å². The van der Waals surface area contributed by atoms with E-state index in [0.717, 1.165) is 17.9 Å². The molecule has 0 bridgehead atoms. The smallest absolute Gasteiger partial charge is 0.165 e. The number of phenolic OH excluding ortho intramolecular Hbond substituents is 2. The number of nitrogens with two attached hydrogens (primary N) is 1. The maximum Gasteiger partial charge on any atom is 0.165 e. The summed E-state index contributed by atoms with van der Waals surface area (Å²) in [5.74, 6) is -1.49. The van der Waals surface area contributed by atoms with Crippen molar-refractivity contribution in [3.8, 4) is 11.5 Å². The van der Waals surface area contributed by atoms with Gasteiger partial charge in [0.05, 0.1) is 0 Å². The van der Waals surface area contributed by atoms with Crippen molar-refractivity contribution in [3.05, 3.63) is 59.4 Å². The van der Waals surface area contributed by atoms with E-state index >= 15 is 0 Å². The Morgan fingerprint density at radius 2 is 1.76 bits per heavy atom. The van der Waals surface area contributed by atoms with E-state index in [1.807, 2.05) is 35.2 Å². The molecule has 0 unspecified atom stereocenters. The lowest BCUT2D eigenvalue weighted by Crippen LogP contribution is -2.56. The Kier molecular flexibility index (Phi) is 4.74. The van der Waals surface area contributed by atoms with Crippen LogP contribution in [0.2, 0.25) is 0 Å². The van der Waals surface area contributed by atoms with Gasteiger partial charge < -0.3 is 15.9 Å². The number of piperidine rings is 1. The van der Waals surface area contributed by atoms with Crippen LogP contribution in [-0.2, 0) is 10.5 Å². The second-order valence-electron chi connectivity index (χ2n) is 6.43. The molecule has 4 N–H and O–H groups in total. The number of nitrogens with zero attached hydrogens (tertiary/aromatic N) is 1. The summed E-state index contributed by atoms with van der Waals surface area (Å²) in [6.07, 6.45) is 2.00. The highest BCUT2D eigenvalue weighted by Gasteiger charge is 2.37. The molecule has 2 aromatic rings. The van der Waals surface area contributed by atoms with Gasteiger partial charge in [-0.15, -0.1) is 0 Å². The molecule has 1 aliphatic rings. The Hall–Kier alpha value is -2.44. The molecule has 1 saturated heterocycles. The second kappa shape index (κ2) is 6.82. The number of phenols is 2. The predicted molar refractivity (Wildman–Crippen MR) is 91.6 cm³/mol. The zero-order valence-corrected chi connectivity index (χ0v) is 13.7. The number of hydrogen-bond donors (Lipinski definition) is 3. The minimum Gasteiger partial charge on any atom is -0.508 e. The number of aldehydes is 1. The van der Waals surface area contributed by atoms with Crippen molar-refractivity contribution in [1.29, 1.82) is 0 Å². The normalized spacial score (nSPS) is 18.6. The molecular weight excluding hydrogens is 323 g/mol. The molecule has 5 nitrogen and oxygen atoms in total. The molecule has 2 aromatic carbocycles. The van der Waals surface area contributed by atoms with Crippen LogP contribution in [0.15, 0.2) is 42.5 Å². The van der Waals surface area contributed by atoms with Gasteiger partial charge in [-0.05, 0) is 30.4 Å². The number of carbonyl (C=O) groups excluding carboxylic acids is 1. The van der Waals surface area contributed by atoms with Crippen molar-refractivity contribution in [2.45, 2.75) is 24.4 Å². The minimum atomic E-state index is -1.20. The first kappa shape index (κ1) is 17.4. The van der Waals surface area contributed by atoms with Gasteiger partial charge in [0.2, 0.25) is 0 Å². The van der Waals surface area contributed by atoms with Gasteiger partial charge in [-0.3, -0.25) is 9.69 Å². The highest BCUT2D eigenvalue weighted by atomic mass is 19.1. The summed E-state index contributed by atoms with van der Waals surface area (Å²) in [5.41, 5.74) is 6.37.